The molecule has 1 fully saturated rings. The molecule has 3 N–H and O–H groups in total. The standard InChI is InChI=1S/C14H25N5O/c1-14(2,3)20-13-11(15)5-6-12(16-13)17-19-9-7-18(4)8-10-19/h5-6H,7-10,15H2,1-4H3,(H,16,17). The second-order valence-corrected chi connectivity index (χ2v) is 6.21. The highest BCUT2D eigenvalue weighted by molar-refractivity contribution is 5.53. The van der Waals surface area contributed by atoms with Gasteiger partial charge in [-0.25, -0.2) is 5.01 Å². The Bertz CT molecular complexity index is 449. The molecule has 6 heteroatoms. The number of nitrogens with zero attached hydrogens (tertiary/aromatic N) is 3. The molecule has 1 saturated heterocycles. The summed E-state index contributed by atoms with van der Waals surface area (Å²) in [5.41, 5.74) is 9.47. The fraction of sp³-hybridized carbons (Fsp3) is 0.643. The van der Waals surface area contributed by atoms with Gasteiger partial charge < -0.3 is 20.8 Å². The first kappa shape index (κ1) is 14.9. The number of hydrogen-bond donors (Lipinski definition) is 2. The molecule has 0 bridgehead atoms. The minimum Gasteiger partial charge on any atom is -0.470 e. The quantitative estimate of drug-likeness (QED) is 0.872. The topological polar surface area (TPSA) is 66.7 Å². The molecule has 0 radical (unpaired) electrons. The van der Waals surface area contributed by atoms with Crippen molar-refractivity contribution in [2.75, 3.05) is 44.4 Å². The normalized spacial score (nSPS) is 18.0. The van der Waals surface area contributed by atoms with Crippen molar-refractivity contribution in [3.63, 3.8) is 0 Å². The summed E-state index contributed by atoms with van der Waals surface area (Å²) >= 11 is 0. The van der Waals surface area contributed by atoms with Crippen LogP contribution in [0.25, 0.3) is 0 Å². The van der Waals surface area contributed by atoms with Crippen molar-refractivity contribution in [2.45, 2.75) is 26.4 Å². The number of hydrazine groups is 1. The van der Waals surface area contributed by atoms with Crippen molar-refractivity contribution in [3.05, 3.63) is 12.1 Å². The zero-order chi connectivity index (χ0) is 14.8. The Morgan fingerprint density at radius 1 is 1.20 bits per heavy atom. The van der Waals surface area contributed by atoms with Crippen LogP contribution in [0.15, 0.2) is 12.1 Å². The van der Waals surface area contributed by atoms with Crippen LogP contribution in [0, 0.1) is 0 Å². The lowest BCUT2D eigenvalue weighted by molar-refractivity contribution is 0.125. The Hall–Kier alpha value is -1.53. The number of piperazine rings is 1. The maximum absolute atomic E-state index is 5.91. The number of hydrogen-bond acceptors (Lipinski definition) is 6. The number of anilines is 2. The van der Waals surface area contributed by atoms with Crippen LogP contribution in [-0.2, 0) is 0 Å². The van der Waals surface area contributed by atoms with Crippen molar-refractivity contribution in [1.82, 2.24) is 14.9 Å². The predicted octanol–water partition coefficient (Wildman–Crippen LogP) is 1.42. The van der Waals surface area contributed by atoms with Gasteiger partial charge in [-0.2, -0.15) is 4.98 Å². The largest absolute Gasteiger partial charge is 0.470 e. The van der Waals surface area contributed by atoms with E-state index < -0.39 is 0 Å². The number of ether oxygens (including phenoxy) is 1. The summed E-state index contributed by atoms with van der Waals surface area (Å²) < 4.78 is 5.78. The zero-order valence-electron chi connectivity index (χ0n) is 12.8. The molecule has 6 nitrogen and oxygen atoms in total. The molecule has 1 aliphatic heterocycles. The Kier molecular flexibility index (Phi) is 4.35. The molecular formula is C14H25N5O. The van der Waals surface area contributed by atoms with E-state index in [1.54, 1.807) is 0 Å². The van der Waals surface area contributed by atoms with E-state index in [9.17, 15) is 0 Å². The van der Waals surface area contributed by atoms with Gasteiger partial charge in [0.25, 0.3) is 0 Å². The smallest absolute Gasteiger partial charge is 0.239 e. The molecule has 0 saturated carbocycles. The number of likely N-dealkylation sites (N-methyl/N-ethyl adjacent to an activating group) is 1. The molecule has 1 aromatic rings. The Labute approximate surface area is 120 Å². The molecule has 1 aliphatic rings. The fourth-order valence-corrected chi connectivity index (χ4v) is 1.97. The van der Waals surface area contributed by atoms with E-state index in [1.165, 1.54) is 0 Å². The van der Waals surface area contributed by atoms with Gasteiger partial charge in [0.1, 0.15) is 11.4 Å². The van der Waals surface area contributed by atoms with E-state index in [-0.39, 0.29) is 5.60 Å². The number of pyridine rings is 1. The van der Waals surface area contributed by atoms with Gasteiger partial charge in [0, 0.05) is 26.2 Å². The summed E-state index contributed by atoms with van der Waals surface area (Å²) in [6, 6.07) is 3.70. The molecule has 2 heterocycles. The fourth-order valence-electron chi connectivity index (χ4n) is 1.97. The van der Waals surface area contributed by atoms with Crippen LogP contribution in [0.2, 0.25) is 0 Å². The third-order valence-corrected chi connectivity index (χ3v) is 3.07. The Morgan fingerprint density at radius 2 is 1.85 bits per heavy atom. The molecule has 0 aromatic carbocycles. The third kappa shape index (κ3) is 4.25. The molecular weight excluding hydrogens is 254 g/mol. The van der Waals surface area contributed by atoms with Crippen LogP contribution >= 0.6 is 0 Å². The molecule has 20 heavy (non-hydrogen) atoms. The van der Waals surface area contributed by atoms with Gasteiger partial charge in [0.15, 0.2) is 0 Å². The lowest BCUT2D eigenvalue weighted by Crippen LogP contribution is -2.47. The predicted molar refractivity (Wildman–Crippen MR) is 81.7 cm³/mol. The maximum atomic E-state index is 5.91. The lowest BCUT2D eigenvalue weighted by atomic mass is 10.2. The third-order valence-electron chi connectivity index (χ3n) is 3.07. The Balaban J connectivity index is 2.03. The van der Waals surface area contributed by atoms with Gasteiger partial charge in [-0.15, -0.1) is 0 Å². The number of nitrogens with two attached hydrogens (primary N) is 1. The van der Waals surface area contributed by atoms with Gasteiger partial charge >= 0.3 is 0 Å². The SMILES string of the molecule is CN1CCN(Nc2ccc(N)c(OC(C)(C)C)n2)CC1. The Morgan fingerprint density at radius 3 is 2.45 bits per heavy atom. The number of aromatic nitrogens is 1. The van der Waals surface area contributed by atoms with Crippen LogP contribution in [0.3, 0.4) is 0 Å². The summed E-state index contributed by atoms with van der Waals surface area (Å²) in [6.45, 7) is 9.98. The van der Waals surface area contributed by atoms with Gasteiger partial charge in [0.05, 0.1) is 5.69 Å². The average molecular weight is 279 g/mol. The summed E-state index contributed by atoms with van der Waals surface area (Å²) in [5, 5.41) is 2.17. The van der Waals surface area contributed by atoms with Crippen molar-refractivity contribution >= 4 is 11.5 Å². The van der Waals surface area contributed by atoms with Crippen molar-refractivity contribution in [1.29, 1.82) is 0 Å². The molecule has 112 valence electrons. The molecule has 0 unspecified atom stereocenters. The monoisotopic (exact) mass is 279 g/mol. The maximum Gasteiger partial charge on any atom is 0.239 e. The highest BCUT2D eigenvalue weighted by atomic mass is 16.5. The van der Waals surface area contributed by atoms with Crippen molar-refractivity contribution in [3.8, 4) is 5.88 Å². The van der Waals surface area contributed by atoms with Gasteiger partial charge in [0.2, 0.25) is 5.88 Å². The number of rotatable bonds is 3. The molecule has 0 amide bonds. The van der Waals surface area contributed by atoms with Crippen LogP contribution in [0.5, 0.6) is 5.88 Å². The lowest BCUT2D eigenvalue weighted by Gasteiger charge is -2.32. The molecule has 1 aromatic heterocycles. The van der Waals surface area contributed by atoms with E-state index in [4.69, 9.17) is 10.5 Å². The van der Waals surface area contributed by atoms with Crippen molar-refractivity contribution in [2.24, 2.45) is 0 Å². The van der Waals surface area contributed by atoms with Crippen LogP contribution in [0.1, 0.15) is 20.8 Å². The highest BCUT2D eigenvalue weighted by Gasteiger charge is 2.17. The summed E-state index contributed by atoms with van der Waals surface area (Å²) in [6.07, 6.45) is 0. The van der Waals surface area contributed by atoms with E-state index in [2.05, 4.69) is 27.4 Å². The van der Waals surface area contributed by atoms with Crippen molar-refractivity contribution < 1.29 is 4.74 Å². The van der Waals surface area contributed by atoms with Gasteiger partial charge in [-0.1, -0.05) is 0 Å². The summed E-state index contributed by atoms with van der Waals surface area (Å²) in [4.78, 5) is 6.77. The van der Waals surface area contributed by atoms with E-state index in [1.807, 2.05) is 32.9 Å². The van der Waals surface area contributed by atoms with Crippen LogP contribution < -0.4 is 15.9 Å². The number of nitrogen functional groups attached to an aromatic ring is 1. The second kappa shape index (κ2) is 5.85. The summed E-state index contributed by atoms with van der Waals surface area (Å²) in [5.74, 6) is 1.25. The molecule has 0 atom stereocenters. The first-order chi connectivity index (χ1) is 9.33. The second-order valence-electron chi connectivity index (χ2n) is 6.21. The first-order valence-electron chi connectivity index (χ1n) is 6.99. The minimum absolute atomic E-state index is 0.312. The zero-order valence-corrected chi connectivity index (χ0v) is 12.8. The average Bonchev–Trinajstić information content (AvgIpc) is 2.34. The summed E-state index contributed by atoms with van der Waals surface area (Å²) in [7, 11) is 2.13. The first-order valence-corrected chi connectivity index (χ1v) is 6.99. The van der Waals surface area contributed by atoms with E-state index in [0.717, 1.165) is 32.0 Å². The molecule has 0 spiro atoms. The molecule has 2 rings (SSSR count). The minimum atomic E-state index is -0.312. The highest BCUT2D eigenvalue weighted by Crippen LogP contribution is 2.25. The van der Waals surface area contributed by atoms with Gasteiger partial charge in [-0.3, -0.25) is 0 Å². The van der Waals surface area contributed by atoms with E-state index >= 15 is 0 Å². The van der Waals surface area contributed by atoms with Crippen LogP contribution in [0.4, 0.5) is 11.5 Å². The van der Waals surface area contributed by atoms with E-state index in [0.29, 0.717) is 11.6 Å². The van der Waals surface area contributed by atoms with Crippen LogP contribution in [-0.4, -0.2) is 53.7 Å². The molecule has 0 aliphatic carbocycles. The number of nitrogens with one attached hydrogen (secondary N) is 1. The van der Waals surface area contributed by atoms with Gasteiger partial charge in [-0.05, 0) is 40.0 Å².